The van der Waals surface area contributed by atoms with Crippen LogP contribution in [0.5, 0.6) is 0 Å². The molecule has 0 aliphatic heterocycles. The lowest BCUT2D eigenvalue weighted by atomic mass is 10.1. The first-order valence-corrected chi connectivity index (χ1v) is 16.1. The molecule has 0 bridgehead atoms. The molecule has 0 saturated heterocycles. The van der Waals surface area contributed by atoms with Crippen LogP contribution in [0.1, 0.15) is 62.6 Å². The Hall–Kier alpha value is -3.72. The summed E-state index contributed by atoms with van der Waals surface area (Å²) in [6, 6.07) is 18.6. The second kappa shape index (κ2) is 14.0. The van der Waals surface area contributed by atoms with E-state index in [0.29, 0.717) is 24.1 Å². The molecule has 1 aliphatic carbocycles. The highest BCUT2D eigenvalue weighted by Gasteiger charge is 2.35. The topological polar surface area (TPSA) is 86.8 Å². The number of rotatable bonds is 12. The normalized spacial score (nSPS) is 14.4. The summed E-state index contributed by atoms with van der Waals surface area (Å²) in [7, 11) is -4.15. The standard InChI is InChI=1S/C33H40FN3O4S/c1-4-26-10-6-9-13-31(26)37(42(40,41)29-20-14-24(3)15-21-29)23-32(38)36(22-25-16-18-27(34)19-17-25)30(5-2)33(39)35-28-11-7-8-12-28/h6,9-10,13-21,28,30H,4-5,7-8,11-12,22-23H2,1-3H3,(H,35,39)/t30-/m1/s1. The van der Waals surface area contributed by atoms with E-state index in [-0.39, 0.29) is 23.4 Å². The maximum atomic E-state index is 14.2. The Labute approximate surface area is 248 Å². The van der Waals surface area contributed by atoms with Gasteiger partial charge in [-0.25, -0.2) is 12.8 Å². The lowest BCUT2D eigenvalue weighted by Gasteiger charge is -2.34. The summed E-state index contributed by atoms with van der Waals surface area (Å²) in [4.78, 5) is 29.3. The van der Waals surface area contributed by atoms with Crippen molar-refractivity contribution in [1.29, 1.82) is 0 Å². The van der Waals surface area contributed by atoms with Gasteiger partial charge in [0.05, 0.1) is 10.6 Å². The molecule has 1 aliphatic rings. The van der Waals surface area contributed by atoms with Crippen LogP contribution < -0.4 is 9.62 Å². The van der Waals surface area contributed by atoms with E-state index in [0.717, 1.165) is 41.1 Å². The van der Waals surface area contributed by atoms with Gasteiger partial charge in [0.1, 0.15) is 18.4 Å². The second-order valence-corrected chi connectivity index (χ2v) is 12.7. The van der Waals surface area contributed by atoms with Gasteiger partial charge in [0, 0.05) is 12.6 Å². The number of aryl methyl sites for hydroxylation is 2. The predicted molar refractivity (Wildman–Crippen MR) is 163 cm³/mol. The van der Waals surface area contributed by atoms with Gasteiger partial charge in [0.15, 0.2) is 0 Å². The highest BCUT2D eigenvalue weighted by Crippen LogP contribution is 2.29. The van der Waals surface area contributed by atoms with Crippen molar-refractivity contribution in [3.63, 3.8) is 0 Å². The number of benzene rings is 3. The molecular formula is C33H40FN3O4S. The van der Waals surface area contributed by atoms with Crippen LogP contribution in [-0.2, 0) is 32.6 Å². The Morgan fingerprint density at radius 3 is 2.21 bits per heavy atom. The number of sulfonamides is 1. The predicted octanol–water partition coefficient (Wildman–Crippen LogP) is 5.76. The molecule has 42 heavy (non-hydrogen) atoms. The summed E-state index contributed by atoms with van der Waals surface area (Å²) in [5.74, 6) is -1.19. The highest BCUT2D eigenvalue weighted by molar-refractivity contribution is 7.92. The van der Waals surface area contributed by atoms with Gasteiger partial charge in [-0.15, -0.1) is 0 Å². The molecule has 1 N–H and O–H groups in total. The first-order chi connectivity index (χ1) is 20.1. The number of halogens is 1. The summed E-state index contributed by atoms with van der Waals surface area (Å²) >= 11 is 0. The quantitative estimate of drug-likeness (QED) is 0.289. The zero-order chi connectivity index (χ0) is 30.3. The SMILES string of the molecule is CCc1ccccc1N(CC(=O)N(Cc1ccc(F)cc1)[C@H](CC)C(=O)NC1CCCC1)S(=O)(=O)c1ccc(C)cc1. The van der Waals surface area contributed by atoms with Gasteiger partial charge >= 0.3 is 0 Å². The van der Waals surface area contributed by atoms with Crippen LogP contribution in [0.3, 0.4) is 0 Å². The van der Waals surface area contributed by atoms with Crippen LogP contribution in [-0.4, -0.2) is 43.8 Å². The third-order valence-corrected chi connectivity index (χ3v) is 9.66. The van der Waals surface area contributed by atoms with Crippen molar-refractivity contribution >= 4 is 27.5 Å². The third-order valence-electron chi connectivity index (χ3n) is 7.88. The van der Waals surface area contributed by atoms with Crippen LogP contribution >= 0.6 is 0 Å². The fourth-order valence-electron chi connectivity index (χ4n) is 5.48. The van der Waals surface area contributed by atoms with E-state index in [4.69, 9.17) is 0 Å². The maximum absolute atomic E-state index is 14.2. The molecule has 0 spiro atoms. The molecule has 4 rings (SSSR count). The van der Waals surface area contributed by atoms with E-state index in [1.54, 1.807) is 36.4 Å². The van der Waals surface area contributed by atoms with Crippen LogP contribution in [0, 0.1) is 12.7 Å². The second-order valence-electron chi connectivity index (χ2n) is 10.9. The number of nitrogens with zero attached hydrogens (tertiary/aromatic N) is 2. The van der Waals surface area contributed by atoms with E-state index in [2.05, 4.69) is 5.32 Å². The summed E-state index contributed by atoms with van der Waals surface area (Å²) in [6.45, 7) is 5.17. The number of hydrogen-bond acceptors (Lipinski definition) is 4. The van der Waals surface area contributed by atoms with Crippen molar-refractivity contribution in [1.82, 2.24) is 10.2 Å². The highest BCUT2D eigenvalue weighted by atomic mass is 32.2. The van der Waals surface area contributed by atoms with Crippen LogP contribution in [0.25, 0.3) is 0 Å². The average Bonchev–Trinajstić information content (AvgIpc) is 3.50. The van der Waals surface area contributed by atoms with E-state index in [9.17, 15) is 22.4 Å². The van der Waals surface area contributed by atoms with Gasteiger partial charge in [-0.2, -0.15) is 0 Å². The molecule has 9 heteroatoms. The Balaban J connectivity index is 1.74. The van der Waals surface area contributed by atoms with Crippen molar-refractivity contribution in [2.45, 2.75) is 82.8 Å². The molecule has 1 atom stereocenters. The molecule has 0 radical (unpaired) electrons. The van der Waals surface area contributed by atoms with Crippen molar-refractivity contribution in [3.05, 3.63) is 95.3 Å². The lowest BCUT2D eigenvalue weighted by Crippen LogP contribution is -2.53. The number of carbonyl (C=O) groups excluding carboxylic acids is 2. The molecule has 0 unspecified atom stereocenters. The number of anilines is 1. The Morgan fingerprint density at radius 1 is 0.952 bits per heavy atom. The monoisotopic (exact) mass is 593 g/mol. The summed E-state index contributed by atoms with van der Waals surface area (Å²) in [5.41, 5.74) is 2.74. The third kappa shape index (κ3) is 7.37. The Bertz CT molecular complexity index is 1470. The molecular weight excluding hydrogens is 553 g/mol. The summed E-state index contributed by atoms with van der Waals surface area (Å²) < 4.78 is 43.1. The first-order valence-electron chi connectivity index (χ1n) is 14.7. The average molecular weight is 594 g/mol. The van der Waals surface area contributed by atoms with Crippen LogP contribution in [0.4, 0.5) is 10.1 Å². The Morgan fingerprint density at radius 2 is 1.60 bits per heavy atom. The number of carbonyl (C=O) groups is 2. The maximum Gasteiger partial charge on any atom is 0.264 e. The molecule has 3 aromatic rings. The number of para-hydroxylation sites is 1. The molecule has 7 nitrogen and oxygen atoms in total. The smallest absolute Gasteiger partial charge is 0.264 e. The Kier molecular flexibility index (Phi) is 10.4. The van der Waals surface area contributed by atoms with Crippen LogP contribution in [0.15, 0.2) is 77.7 Å². The van der Waals surface area contributed by atoms with E-state index < -0.39 is 34.3 Å². The van der Waals surface area contributed by atoms with Gasteiger partial charge < -0.3 is 10.2 Å². The van der Waals surface area contributed by atoms with Gasteiger partial charge in [-0.05, 0) is 74.1 Å². The zero-order valence-corrected chi connectivity index (χ0v) is 25.4. The van der Waals surface area contributed by atoms with Gasteiger partial charge in [0.25, 0.3) is 10.0 Å². The first kappa shape index (κ1) is 31.2. The van der Waals surface area contributed by atoms with Crippen molar-refractivity contribution in [3.8, 4) is 0 Å². The fourth-order valence-corrected chi connectivity index (χ4v) is 6.93. The molecule has 1 saturated carbocycles. The number of nitrogens with one attached hydrogen (secondary N) is 1. The van der Waals surface area contributed by atoms with Crippen molar-refractivity contribution in [2.24, 2.45) is 0 Å². The lowest BCUT2D eigenvalue weighted by molar-refractivity contribution is -0.140. The fraction of sp³-hybridized carbons (Fsp3) is 0.394. The summed E-state index contributed by atoms with van der Waals surface area (Å²) in [6.07, 6.45) is 4.77. The number of hydrogen-bond donors (Lipinski definition) is 1. The number of amides is 2. The molecule has 224 valence electrons. The molecule has 0 aromatic heterocycles. The van der Waals surface area contributed by atoms with Crippen LogP contribution in [0.2, 0.25) is 0 Å². The minimum absolute atomic E-state index is 0.0313. The van der Waals surface area contributed by atoms with Crippen molar-refractivity contribution < 1.29 is 22.4 Å². The van der Waals surface area contributed by atoms with E-state index >= 15 is 0 Å². The van der Waals surface area contributed by atoms with E-state index in [1.165, 1.54) is 29.2 Å². The van der Waals surface area contributed by atoms with E-state index in [1.807, 2.05) is 32.9 Å². The largest absolute Gasteiger partial charge is 0.352 e. The van der Waals surface area contributed by atoms with Gasteiger partial charge in [-0.1, -0.05) is 74.7 Å². The summed E-state index contributed by atoms with van der Waals surface area (Å²) in [5, 5.41) is 3.10. The minimum Gasteiger partial charge on any atom is -0.352 e. The molecule has 1 fully saturated rings. The molecule has 0 heterocycles. The van der Waals surface area contributed by atoms with Crippen molar-refractivity contribution in [2.75, 3.05) is 10.8 Å². The zero-order valence-electron chi connectivity index (χ0n) is 24.6. The van der Waals surface area contributed by atoms with Gasteiger partial charge in [-0.3, -0.25) is 13.9 Å². The molecule has 3 aromatic carbocycles. The van der Waals surface area contributed by atoms with Gasteiger partial charge in [0.2, 0.25) is 11.8 Å². The molecule has 2 amide bonds. The minimum atomic E-state index is -4.15.